The van der Waals surface area contributed by atoms with Crippen LogP contribution in [0.5, 0.6) is 0 Å². The van der Waals surface area contributed by atoms with Crippen molar-refractivity contribution in [2.75, 3.05) is 13.1 Å². The first-order valence-electron chi connectivity index (χ1n) is 6.07. The van der Waals surface area contributed by atoms with Crippen LogP contribution in [0.25, 0.3) is 0 Å². The van der Waals surface area contributed by atoms with Crippen LogP contribution in [0.3, 0.4) is 0 Å². The van der Waals surface area contributed by atoms with Gasteiger partial charge in [0, 0.05) is 12.6 Å². The highest BCUT2D eigenvalue weighted by Gasteiger charge is 2.20. The minimum atomic E-state index is -0.419. The average Bonchev–Trinajstić information content (AvgIpc) is 2.12. The second kappa shape index (κ2) is 5.53. The summed E-state index contributed by atoms with van der Waals surface area (Å²) in [4.78, 5) is 11.4. The van der Waals surface area contributed by atoms with Gasteiger partial charge in [-0.2, -0.15) is 0 Å². The standard InChI is InChI=1S/C12H24N2O2/c1-9-5-6-13-10(7-9)8-14-11(15)16-12(2,3)4/h9-10,13H,5-8H2,1-4H3,(H,14,15). The Bertz CT molecular complexity index is 236. The van der Waals surface area contributed by atoms with Gasteiger partial charge in [0.05, 0.1) is 0 Å². The first kappa shape index (κ1) is 13.3. The van der Waals surface area contributed by atoms with Crippen molar-refractivity contribution in [3.05, 3.63) is 0 Å². The molecule has 1 aliphatic rings. The normalized spacial score (nSPS) is 26.2. The smallest absolute Gasteiger partial charge is 0.407 e. The molecule has 4 nitrogen and oxygen atoms in total. The number of nitrogens with one attached hydrogen (secondary N) is 2. The first-order valence-corrected chi connectivity index (χ1v) is 6.07. The molecule has 1 saturated heterocycles. The predicted molar refractivity (Wildman–Crippen MR) is 64.4 cm³/mol. The van der Waals surface area contributed by atoms with Crippen LogP contribution in [0.2, 0.25) is 0 Å². The number of carbonyl (C=O) groups excluding carboxylic acids is 1. The van der Waals surface area contributed by atoms with Crippen LogP contribution in [-0.2, 0) is 4.74 Å². The van der Waals surface area contributed by atoms with Gasteiger partial charge in [0.1, 0.15) is 5.60 Å². The number of rotatable bonds is 2. The second-order valence-corrected chi connectivity index (χ2v) is 5.66. The molecule has 0 aromatic carbocycles. The molecule has 0 aromatic heterocycles. The number of hydrogen-bond acceptors (Lipinski definition) is 3. The maximum Gasteiger partial charge on any atom is 0.407 e. The van der Waals surface area contributed by atoms with Crippen molar-refractivity contribution < 1.29 is 9.53 Å². The molecule has 1 rings (SSSR count). The molecule has 0 bridgehead atoms. The monoisotopic (exact) mass is 228 g/mol. The third-order valence-corrected chi connectivity index (χ3v) is 2.65. The van der Waals surface area contributed by atoms with E-state index in [1.54, 1.807) is 0 Å². The van der Waals surface area contributed by atoms with E-state index in [1.807, 2.05) is 20.8 Å². The van der Waals surface area contributed by atoms with Gasteiger partial charge in [-0.1, -0.05) is 6.92 Å². The zero-order valence-electron chi connectivity index (χ0n) is 10.8. The summed E-state index contributed by atoms with van der Waals surface area (Å²) in [7, 11) is 0. The van der Waals surface area contributed by atoms with Crippen molar-refractivity contribution in [3.63, 3.8) is 0 Å². The third-order valence-electron chi connectivity index (χ3n) is 2.65. The summed E-state index contributed by atoms with van der Waals surface area (Å²) >= 11 is 0. The number of hydrogen-bond donors (Lipinski definition) is 2. The van der Waals surface area contributed by atoms with E-state index in [9.17, 15) is 4.79 Å². The van der Waals surface area contributed by atoms with Crippen molar-refractivity contribution in [1.82, 2.24) is 10.6 Å². The Hall–Kier alpha value is -0.770. The Morgan fingerprint density at radius 3 is 2.75 bits per heavy atom. The van der Waals surface area contributed by atoms with E-state index in [4.69, 9.17) is 4.74 Å². The first-order chi connectivity index (χ1) is 7.37. The molecule has 1 fully saturated rings. The lowest BCUT2D eigenvalue weighted by molar-refractivity contribution is 0.0519. The van der Waals surface area contributed by atoms with Gasteiger partial charge in [-0.25, -0.2) is 4.79 Å². The van der Waals surface area contributed by atoms with Gasteiger partial charge in [0.15, 0.2) is 0 Å². The van der Waals surface area contributed by atoms with Crippen LogP contribution in [0.15, 0.2) is 0 Å². The molecule has 0 spiro atoms. The Labute approximate surface area is 98.1 Å². The molecule has 94 valence electrons. The van der Waals surface area contributed by atoms with Crippen molar-refractivity contribution >= 4 is 6.09 Å². The third kappa shape index (κ3) is 5.35. The van der Waals surface area contributed by atoms with Crippen LogP contribution in [0.4, 0.5) is 4.79 Å². The highest BCUT2D eigenvalue weighted by Crippen LogP contribution is 2.14. The van der Waals surface area contributed by atoms with Crippen molar-refractivity contribution in [3.8, 4) is 0 Å². The average molecular weight is 228 g/mol. The second-order valence-electron chi connectivity index (χ2n) is 5.66. The zero-order valence-corrected chi connectivity index (χ0v) is 10.8. The Morgan fingerprint density at radius 1 is 1.50 bits per heavy atom. The van der Waals surface area contributed by atoms with Gasteiger partial charge in [-0.05, 0) is 46.1 Å². The summed E-state index contributed by atoms with van der Waals surface area (Å²) in [5, 5.41) is 6.20. The molecule has 0 aliphatic carbocycles. The van der Waals surface area contributed by atoms with Crippen molar-refractivity contribution in [1.29, 1.82) is 0 Å². The van der Waals surface area contributed by atoms with Crippen LogP contribution in [0, 0.1) is 5.92 Å². The van der Waals surface area contributed by atoms with Crippen molar-refractivity contribution in [2.24, 2.45) is 5.92 Å². The van der Waals surface area contributed by atoms with E-state index >= 15 is 0 Å². The van der Waals surface area contributed by atoms with E-state index < -0.39 is 5.60 Å². The minimum absolute atomic E-state index is 0.326. The molecule has 1 aliphatic heterocycles. The minimum Gasteiger partial charge on any atom is -0.444 e. The molecule has 0 saturated carbocycles. The van der Waals surface area contributed by atoms with E-state index in [0.29, 0.717) is 12.6 Å². The van der Waals surface area contributed by atoms with Crippen LogP contribution in [0.1, 0.15) is 40.5 Å². The Kier molecular flexibility index (Phi) is 4.59. The Balaban J connectivity index is 2.21. The molecule has 16 heavy (non-hydrogen) atoms. The molecular formula is C12H24N2O2. The molecule has 1 heterocycles. The molecular weight excluding hydrogens is 204 g/mol. The van der Waals surface area contributed by atoms with Gasteiger partial charge in [0.2, 0.25) is 0 Å². The number of amides is 1. The zero-order chi connectivity index (χ0) is 12.2. The topological polar surface area (TPSA) is 50.4 Å². The lowest BCUT2D eigenvalue weighted by atomic mass is 9.94. The van der Waals surface area contributed by atoms with E-state index in [-0.39, 0.29) is 6.09 Å². The fraction of sp³-hybridized carbons (Fsp3) is 0.917. The summed E-state index contributed by atoms with van der Waals surface area (Å²) in [5.41, 5.74) is -0.419. The fourth-order valence-corrected chi connectivity index (χ4v) is 1.90. The molecule has 4 heteroatoms. The number of piperidine rings is 1. The van der Waals surface area contributed by atoms with E-state index in [0.717, 1.165) is 18.9 Å². The van der Waals surface area contributed by atoms with Crippen LogP contribution < -0.4 is 10.6 Å². The van der Waals surface area contributed by atoms with Gasteiger partial charge in [-0.3, -0.25) is 0 Å². The van der Waals surface area contributed by atoms with E-state index in [1.165, 1.54) is 6.42 Å². The highest BCUT2D eigenvalue weighted by molar-refractivity contribution is 5.67. The molecule has 2 atom stereocenters. The molecule has 2 unspecified atom stereocenters. The van der Waals surface area contributed by atoms with Crippen molar-refractivity contribution in [2.45, 2.75) is 52.2 Å². The largest absolute Gasteiger partial charge is 0.444 e. The number of alkyl carbamates (subject to hydrolysis) is 1. The van der Waals surface area contributed by atoms with Crippen LogP contribution >= 0.6 is 0 Å². The van der Waals surface area contributed by atoms with Crippen LogP contribution in [-0.4, -0.2) is 30.8 Å². The molecule has 0 aromatic rings. The van der Waals surface area contributed by atoms with Gasteiger partial charge in [-0.15, -0.1) is 0 Å². The molecule has 0 radical (unpaired) electrons. The SMILES string of the molecule is CC1CCNC(CNC(=O)OC(C)(C)C)C1. The Morgan fingerprint density at radius 2 is 2.19 bits per heavy atom. The molecule has 1 amide bonds. The summed E-state index contributed by atoms with van der Waals surface area (Å²) < 4.78 is 5.18. The predicted octanol–water partition coefficient (Wildman–Crippen LogP) is 1.90. The lowest BCUT2D eigenvalue weighted by Gasteiger charge is -2.28. The maximum atomic E-state index is 11.4. The summed E-state index contributed by atoms with van der Waals surface area (Å²) in [5.74, 6) is 0.742. The highest BCUT2D eigenvalue weighted by atomic mass is 16.6. The molecule has 2 N–H and O–H groups in total. The summed E-state index contributed by atoms with van der Waals surface area (Å²) in [6.45, 7) is 9.55. The number of ether oxygens (including phenoxy) is 1. The van der Waals surface area contributed by atoms with Gasteiger partial charge < -0.3 is 15.4 Å². The van der Waals surface area contributed by atoms with Gasteiger partial charge >= 0.3 is 6.09 Å². The maximum absolute atomic E-state index is 11.4. The lowest BCUT2D eigenvalue weighted by Crippen LogP contribution is -2.46. The number of carbonyl (C=O) groups is 1. The quantitative estimate of drug-likeness (QED) is 0.759. The van der Waals surface area contributed by atoms with E-state index in [2.05, 4.69) is 17.6 Å². The summed E-state index contributed by atoms with van der Waals surface area (Å²) in [6.07, 6.45) is 2.02. The summed E-state index contributed by atoms with van der Waals surface area (Å²) in [6, 6.07) is 0.385. The van der Waals surface area contributed by atoms with Gasteiger partial charge in [0.25, 0.3) is 0 Å². The fourth-order valence-electron chi connectivity index (χ4n) is 1.90.